The van der Waals surface area contributed by atoms with E-state index in [1.807, 2.05) is 25.3 Å². The highest BCUT2D eigenvalue weighted by Gasteiger charge is 2.14. The number of thioether (sulfide) groups is 1. The van der Waals surface area contributed by atoms with Crippen molar-refractivity contribution in [2.24, 2.45) is 4.99 Å². The lowest BCUT2D eigenvalue weighted by Crippen LogP contribution is -2.18. The van der Waals surface area contributed by atoms with Gasteiger partial charge in [0.15, 0.2) is 5.17 Å². The highest BCUT2D eigenvalue weighted by Crippen LogP contribution is 2.33. The summed E-state index contributed by atoms with van der Waals surface area (Å²) in [5.41, 5.74) is 3.10. The minimum atomic E-state index is -0.147. The number of pyridine rings is 1. The van der Waals surface area contributed by atoms with Crippen molar-refractivity contribution < 1.29 is 4.74 Å². The van der Waals surface area contributed by atoms with Crippen LogP contribution in [0.25, 0.3) is 0 Å². The molecule has 0 unspecified atom stereocenters. The molecule has 2 rings (SSSR count). The second-order valence-corrected chi connectivity index (χ2v) is 8.73. The predicted octanol–water partition coefficient (Wildman–Crippen LogP) is 6.98. The number of halogens is 2. The van der Waals surface area contributed by atoms with E-state index in [2.05, 4.69) is 38.0 Å². The highest BCUT2D eigenvalue weighted by molar-refractivity contribution is 8.13. The molecular formula is C20H25Cl2N3OS. The zero-order valence-corrected chi connectivity index (χ0v) is 18.8. The van der Waals surface area contributed by atoms with Crippen LogP contribution < -0.4 is 10.1 Å². The Morgan fingerprint density at radius 3 is 2.52 bits per heavy atom. The molecule has 0 spiro atoms. The topological polar surface area (TPSA) is 46.5 Å². The van der Waals surface area contributed by atoms with E-state index in [1.54, 1.807) is 17.8 Å². The van der Waals surface area contributed by atoms with Gasteiger partial charge in [0.05, 0.1) is 10.6 Å². The van der Waals surface area contributed by atoms with Gasteiger partial charge in [-0.3, -0.25) is 4.99 Å². The Labute approximate surface area is 175 Å². The van der Waals surface area contributed by atoms with Crippen LogP contribution in [0.4, 0.5) is 5.69 Å². The van der Waals surface area contributed by atoms with Crippen LogP contribution in [0.15, 0.2) is 29.4 Å². The molecule has 7 heteroatoms. The van der Waals surface area contributed by atoms with Crippen molar-refractivity contribution in [3.63, 3.8) is 0 Å². The van der Waals surface area contributed by atoms with Gasteiger partial charge < -0.3 is 10.1 Å². The number of anilines is 1. The van der Waals surface area contributed by atoms with Crippen molar-refractivity contribution in [3.8, 4) is 11.6 Å². The summed E-state index contributed by atoms with van der Waals surface area (Å²) in [7, 11) is 0. The summed E-state index contributed by atoms with van der Waals surface area (Å²) in [6.07, 6.45) is 4.38. The summed E-state index contributed by atoms with van der Waals surface area (Å²) in [6, 6.07) is 5.57. The molecule has 0 saturated heterocycles. The van der Waals surface area contributed by atoms with Gasteiger partial charge in [0.25, 0.3) is 0 Å². The van der Waals surface area contributed by atoms with E-state index in [4.69, 9.17) is 32.9 Å². The zero-order chi connectivity index (χ0) is 20.2. The van der Waals surface area contributed by atoms with E-state index in [-0.39, 0.29) is 5.54 Å². The highest BCUT2D eigenvalue weighted by atomic mass is 35.5. The molecule has 27 heavy (non-hydrogen) atoms. The number of aliphatic imine (C=N–C) groups is 1. The van der Waals surface area contributed by atoms with Crippen molar-refractivity contribution in [1.82, 2.24) is 4.98 Å². The van der Waals surface area contributed by atoms with Crippen LogP contribution in [-0.2, 0) is 6.42 Å². The number of hydrogen-bond acceptors (Lipinski definition) is 4. The number of amidine groups is 1. The minimum absolute atomic E-state index is 0.147. The van der Waals surface area contributed by atoms with Crippen LogP contribution in [0.2, 0.25) is 10.0 Å². The summed E-state index contributed by atoms with van der Waals surface area (Å²) in [5, 5.41) is 5.22. The lowest BCUT2D eigenvalue weighted by atomic mass is 10.1. The number of aryl methyl sites for hydroxylation is 2. The van der Waals surface area contributed by atoms with Crippen molar-refractivity contribution in [3.05, 3.63) is 45.6 Å². The molecular weight excluding hydrogens is 401 g/mol. The molecule has 2 aromatic rings. The fraction of sp³-hybridized carbons (Fsp3) is 0.400. The number of ether oxygens (including phenoxy) is 1. The van der Waals surface area contributed by atoms with Crippen molar-refractivity contribution in [1.29, 1.82) is 0 Å². The molecule has 1 aromatic heterocycles. The minimum Gasteiger partial charge on any atom is -0.438 e. The van der Waals surface area contributed by atoms with Crippen LogP contribution >= 0.6 is 35.0 Å². The molecule has 0 aliphatic rings. The Hall–Kier alpha value is -1.43. The van der Waals surface area contributed by atoms with Crippen LogP contribution in [0.5, 0.6) is 11.6 Å². The van der Waals surface area contributed by atoms with E-state index < -0.39 is 0 Å². The maximum Gasteiger partial charge on any atom is 0.238 e. The SMILES string of the molecule is CCc1cc(Oc2ncc(Cl)cc2Cl)cc(C)c1NC(=NC(C)(C)C)SC. The average molecular weight is 426 g/mol. The standard InChI is InChI=1S/C20H25Cl2N3OS/c1-7-13-9-15(26-18-16(22)10-14(21)11-23-18)8-12(2)17(13)24-19(27-6)25-20(3,4)5/h8-11H,7H2,1-6H3,(H,24,25). The molecule has 0 fully saturated rings. The Bertz CT molecular complexity index is 848. The zero-order valence-electron chi connectivity index (χ0n) is 16.5. The molecule has 0 atom stereocenters. The fourth-order valence-corrected chi connectivity index (χ4v) is 3.45. The van der Waals surface area contributed by atoms with Gasteiger partial charge in [0.1, 0.15) is 10.8 Å². The van der Waals surface area contributed by atoms with Gasteiger partial charge in [0.2, 0.25) is 5.88 Å². The lowest BCUT2D eigenvalue weighted by Gasteiger charge is -2.20. The molecule has 1 aromatic carbocycles. The first-order chi connectivity index (χ1) is 12.6. The largest absolute Gasteiger partial charge is 0.438 e. The molecule has 0 saturated carbocycles. The number of nitrogens with one attached hydrogen (secondary N) is 1. The van der Waals surface area contributed by atoms with Gasteiger partial charge in [-0.2, -0.15) is 0 Å². The smallest absolute Gasteiger partial charge is 0.238 e. The Morgan fingerprint density at radius 2 is 1.96 bits per heavy atom. The first-order valence-corrected chi connectivity index (χ1v) is 10.6. The summed E-state index contributed by atoms with van der Waals surface area (Å²) >= 11 is 13.7. The van der Waals surface area contributed by atoms with E-state index in [1.165, 1.54) is 6.20 Å². The number of benzene rings is 1. The van der Waals surface area contributed by atoms with Gasteiger partial charge in [-0.15, -0.1) is 0 Å². The normalized spacial score (nSPS) is 12.2. The average Bonchev–Trinajstić information content (AvgIpc) is 2.57. The fourth-order valence-electron chi connectivity index (χ4n) is 2.47. The number of hydrogen-bond donors (Lipinski definition) is 1. The van der Waals surface area contributed by atoms with E-state index in [0.717, 1.165) is 28.4 Å². The van der Waals surface area contributed by atoms with E-state index >= 15 is 0 Å². The number of rotatable bonds is 4. The molecule has 0 bridgehead atoms. The van der Waals surface area contributed by atoms with Crippen LogP contribution in [0.1, 0.15) is 38.8 Å². The third-order valence-electron chi connectivity index (χ3n) is 3.62. The van der Waals surface area contributed by atoms with Crippen molar-refractivity contribution >= 4 is 45.8 Å². The third kappa shape index (κ3) is 6.30. The summed E-state index contributed by atoms with van der Waals surface area (Å²) in [4.78, 5) is 8.90. The number of nitrogens with zero attached hydrogens (tertiary/aromatic N) is 2. The molecule has 146 valence electrons. The van der Waals surface area contributed by atoms with Gasteiger partial charge in [-0.1, -0.05) is 41.9 Å². The first kappa shape index (κ1) is 21.9. The second-order valence-electron chi connectivity index (χ2n) is 7.09. The summed E-state index contributed by atoms with van der Waals surface area (Å²) in [5.74, 6) is 1.02. The van der Waals surface area contributed by atoms with Crippen LogP contribution in [-0.4, -0.2) is 21.9 Å². The molecule has 0 aliphatic carbocycles. The third-order valence-corrected chi connectivity index (χ3v) is 4.68. The lowest BCUT2D eigenvalue weighted by molar-refractivity contribution is 0.462. The van der Waals surface area contributed by atoms with Crippen LogP contribution in [0.3, 0.4) is 0 Å². The van der Waals surface area contributed by atoms with Crippen molar-refractivity contribution in [2.75, 3.05) is 11.6 Å². The van der Waals surface area contributed by atoms with Gasteiger partial charge >= 0.3 is 0 Å². The first-order valence-electron chi connectivity index (χ1n) is 8.66. The molecule has 0 radical (unpaired) electrons. The van der Waals surface area contributed by atoms with E-state index in [9.17, 15) is 0 Å². The monoisotopic (exact) mass is 425 g/mol. The molecule has 4 nitrogen and oxygen atoms in total. The summed E-state index contributed by atoms with van der Waals surface area (Å²) < 4.78 is 5.89. The second kappa shape index (κ2) is 9.18. The Kier molecular flexibility index (Phi) is 7.43. The quantitative estimate of drug-likeness (QED) is 0.423. The predicted molar refractivity (Wildman–Crippen MR) is 119 cm³/mol. The van der Waals surface area contributed by atoms with Crippen LogP contribution in [0, 0.1) is 6.92 Å². The van der Waals surface area contributed by atoms with Gasteiger partial charge in [-0.05, 0) is 69.7 Å². The molecule has 1 heterocycles. The number of aromatic nitrogens is 1. The molecule has 1 N–H and O–H groups in total. The van der Waals surface area contributed by atoms with Crippen molar-refractivity contribution in [2.45, 2.75) is 46.6 Å². The summed E-state index contributed by atoms with van der Waals surface area (Å²) in [6.45, 7) is 10.4. The molecule has 0 amide bonds. The maximum absolute atomic E-state index is 6.17. The maximum atomic E-state index is 6.17. The Morgan fingerprint density at radius 1 is 1.26 bits per heavy atom. The molecule has 0 aliphatic heterocycles. The van der Waals surface area contributed by atoms with E-state index in [0.29, 0.717) is 21.7 Å². The van der Waals surface area contributed by atoms with Gasteiger partial charge in [-0.25, -0.2) is 4.98 Å². The Balaban J connectivity index is 2.35. The van der Waals surface area contributed by atoms with Gasteiger partial charge in [0, 0.05) is 11.9 Å².